The van der Waals surface area contributed by atoms with Gasteiger partial charge in [-0.3, -0.25) is 9.80 Å². The Kier molecular flexibility index (Phi) is 8.97. The molecule has 2 saturated carbocycles. The molecule has 12 heteroatoms. The van der Waals surface area contributed by atoms with Crippen molar-refractivity contribution in [2.75, 3.05) is 50.7 Å². The molecule has 8 nitrogen and oxygen atoms in total. The molecule has 3 aliphatic heterocycles. The number of halogens is 3. The summed E-state index contributed by atoms with van der Waals surface area (Å²) in [6.45, 7) is 3.88. The maximum absolute atomic E-state index is 15.9. The summed E-state index contributed by atoms with van der Waals surface area (Å²) >= 11 is 0. The first kappa shape index (κ1) is 32.7. The highest BCUT2D eigenvalue weighted by molar-refractivity contribution is 7.92. The van der Waals surface area contributed by atoms with Gasteiger partial charge in [0, 0.05) is 30.4 Å². The van der Waals surface area contributed by atoms with Gasteiger partial charge in [0.2, 0.25) is 0 Å². The number of likely N-dealkylation sites (tertiary alicyclic amines) is 2. The van der Waals surface area contributed by atoms with Crippen molar-refractivity contribution in [2.24, 2.45) is 17.8 Å². The summed E-state index contributed by atoms with van der Waals surface area (Å²) in [6.07, 6.45) is 5.51. The molecule has 0 radical (unpaired) electrons. The van der Waals surface area contributed by atoms with Crippen LogP contribution in [0.4, 0.5) is 23.7 Å². The molecule has 3 heterocycles. The fraction of sp³-hybridized carbons (Fsp3) is 0.629. The van der Waals surface area contributed by atoms with E-state index in [0.717, 1.165) is 63.4 Å². The minimum atomic E-state index is -3.26. The van der Waals surface area contributed by atoms with Gasteiger partial charge in [-0.25, -0.2) is 26.4 Å². The average Bonchev–Trinajstić information content (AvgIpc) is 3.76. The number of nitrogens with zero attached hydrogens (tertiary/aromatic N) is 3. The van der Waals surface area contributed by atoms with Gasteiger partial charge in [-0.1, -0.05) is 6.42 Å². The van der Waals surface area contributed by atoms with Crippen LogP contribution in [-0.4, -0.2) is 92.2 Å². The highest BCUT2D eigenvalue weighted by Crippen LogP contribution is 2.49. The molecule has 2 aliphatic carbocycles. The number of carboxylic acid groups (broad SMARTS) is 1. The second-order valence-electron chi connectivity index (χ2n) is 14.6. The standard InChI is InChI=1S/C35H45F3N4O4S/c36-25-17-24(18-26(37)19-25)33(41-13-2-14-41)32(30-3-1-4-31(30)39-34(43)44)23-11-15-40(16-12-23)20-35(38)21-42(22-35)27-5-7-28(8-6-27)47(45,46)29-9-10-29/h5-8,17-19,23,29-33,39H,1-4,9-16,20-22H2,(H,43,44)/t30-,31-,32-,33+/m0/s1. The molecule has 7 rings (SSSR count). The lowest BCUT2D eigenvalue weighted by Gasteiger charge is -2.51. The van der Waals surface area contributed by atoms with Gasteiger partial charge in [0.25, 0.3) is 0 Å². The minimum absolute atomic E-state index is 0.00299. The molecular formula is C35H45F3N4O4S. The van der Waals surface area contributed by atoms with Crippen LogP contribution in [0.25, 0.3) is 0 Å². The first-order valence-electron chi connectivity index (χ1n) is 17.2. The molecule has 4 atom stereocenters. The van der Waals surface area contributed by atoms with Crippen molar-refractivity contribution in [1.82, 2.24) is 15.1 Å². The van der Waals surface area contributed by atoms with Crippen molar-refractivity contribution in [2.45, 2.75) is 79.3 Å². The zero-order valence-electron chi connectivity index (χ0n) is 26.7. The number of benzene rings is 2. The number of carbonyl (C=O) groups is 1. The largest absolute Gasteiger partial charge is 0.465 e. The third kappa shape index (κ3) is 6.87. The van der Waals surface area contributed by atoms with Crippen molar-refractivity contribution in [1.29, 1.82) is 0 Å². The smallest absolute Gasteiger partial charge is 0.404 e. The van der Waals surface area contributed by atoms with Crippen LogP contribution in [0.2, 0.25) is 0 Å². The number of hydrogen-bond acceptors (Lipinski definition) is 6. The molecular weight excluding hydrogens is 629 g/mol. The van der Waals surface area contributed by atoms with Crippen molar-refractivity contribution in [3.63, 3.8) is 0 Å². The molecule has 2 aromatic rings. The van der Waals surface area contributed by atoms with Crippen LogP contribution in [0.1, 0.15) is 63.0 Å². The Labute approximate surface area is 275 Å². The van der Waals surface area contributed by atoms with E-state index < -0.39 is 33.2 Å². The van der Waals surface area contributed by atoms with E-state index in [9.17, 15) is 27.1 Å². The number of hydrogen-bond donors (Lipinski definition) is 2. The number of piperidine rings is 1. The predicted octanol–water partition coefficient (Wildman–Crippen LogP) is 5.64. The van der Waals surface area contributed by atoms with E-state index >= 15 is 4.39 Å². The van der Waals surface area contributed by atoms with Crippen LogP contribution in [0.5, 0.6) is 0 Å². The Morgan fingerprint density at radius 1 is 0.915 bits per heavy atom. The zero-order chi connectivity index (χ0) is 32.9. The van der Waals surface area contributed by atoms with E-state index in [-0.39, 0.29) is 48.2 Å². The Hall–Kier alpha value is -2.83. The fourth-order valence-electron chi connectivity index (χ4n) is 8.90. The molecule has 0 aromatic heterocycles. The van der Waals surface area contributed by atoms with Crippen molar-refractivity contribution < 1.29 is 31.5 Å². The number of sulfone groups is 1. The van der Waals surface area contributed by atoms with E-state index in [1.165, 1.54) is 12.1 Å². The Balaban J connectivity index is 1.03. The molecule has 2 aromatic carbocycles. The van der Waals surface area contributed by atoms with Crippen LogP contribution in [0.15, 0.2) is 47.4 Å². The molecule has 5 aliphatic rings. The lowest BCUT2D eigenvalue weighted by molar-refractivity contribution is -0.00960. The average molecular weight is 675 g/mol. The molecule has 0 bridgehead atoms. The van der Waals surface area contributed by atoms with E-state index in [4.69, 9.17) is 0 Å². The van der Waals surface area contributed by atoms with Crippen LogP contribution in [-0.2, 0) is 9.84 Å². The monoisotopic (exact) mass is 674 g/mol. The zero-order valence-corrected chi connectivity index (χ0v) is 27.5. The van der Waals surface area contributed by atoms with E-state index in [2.05, 4.69) is 15.1 Å². The first-order chi connectivity index (χ1) is 22.5. The summed E-state index contributed by atoms with van der Waals surface area (Å²) in [7, 11) is -3.26. The third-order valence-corrected chi connectivity index (χ3v) is 13.7. The van der Waals surface area contributed by atoms with Crippen LogP contribution >= 0.6 is 0 Å². The minimum Gasteiger partial charge on any atom is -0.465 e. The van der Waals surface area contributed by atoms with Crippen LogP contribution in [0.3, 0.4) is 0 Å². The highest BCUT2D eigenvalue weighted by Gasteiger charge is 2.49. The maximum Gasteiger partial charge on any atom is 0.404 e. The van der Waals surface area contributed by atoms with Gasteiger partial charge in [-0.2, -0.15) is 0 Å². The normalized spacial score (nSPS) is 26.7. The van der Waals surface area contributed by atoms with E-state index in [1.54, 1.807) is 24.3 Å². The topological polar surface area (TPSA) is 93.2 Å². The molecule has 0 unspecified atom stereocenters. The molecule has 3 saturated heterocycles. The molecule has 1 amide bonds. The van der Waals surface area contributed by atoms with Gasteiger partial charge < -0.3 is 15.3 Å². The third-order valence-electron chi connectivity index (χ3n) is 11.4. The van der Waals surface area contributed by atoms with Crippen LogP contribution < -0.4 is 10.2 Å². The summed E-state index contributed by atoms with van der Waals surface area (Å²) in [4.78, 5) is 18.5. The number of anilines is 1. The Morgan fingerprint density at radius 2 is 1.57 bits per heavy atom. The summed E-state index contributed by atoms with van der Waals surface area (Å²) < 4.78 is 70.1. The maximum atomic E-state index is 15.9. The molecule has 2 N–H and O–H groups in total. The molecule has 256 valence electrons. The summed E-state index contributed by atoms with van der Waals surface area (Å²) in [5, 5.41) is 12.1. The van der Waals surface area contributed by atoms with E-state index in [1.807, 2.05) is 4.90 Å². The number of alkyl halides is 1. The molecule has 5 fully saturated rings. The lowest BCUT2D eigenvalue weighted by Crippen LogP contribution is -2.64. The second-order valence-corrected chi connectivity index (χ2v) is 16.9. The lowest BCUT2D eigenvalue weighted by atomic mass is 9.68. The van der Waals surface area contributed by atoms with Gasteiger partial charge in [-0.05, 0) is 131 Å². The first-order valence-corrected chi connectivity index (χ1v) is 18.7. The van der Waals surface area contributed by atoms with E-state index in [0.29, 0.717) is 42.9 Å². The van der Waals surface area contributed by atoms with Gasteiger partial charge >= 0.3 is 6.09 Å². The summed E-state index contributed by atoms with van der Waals surface area (Å²) in [6, 6.07) is 10.2. The SMILES string of the molecule is O=C(O)N[C@H]1CCC[C@@H]1[C@H](C1CCN(CC2(F)CN(c3ccc(S(=O)(=O)C4CC4)cc3)C2)CC1)[C@@H](c1cc(F)cc(F)c1)N1CCC1. The predicted molar refractivity (Wildman–Crippen MR) is 173 cm³/mol. The molecule has 0 spiro atoms. The van der Waals surface area contributed by atoms with Crippen molar-refractivity contribution in [3.05, 3.63) is 59.7 Å². The van der Waals surface area contributed by atoms with Gasteiger partial charge in [-0.15, -0.1) is 0 Å². The number of amides is 1. The summed E-state index contributed by atoms with van der Waals surface area (Å²) in [5.74, 6) is -0.968. The Morgan fingerprint density at radius 3 is 2.15 bits per heavy atom. The van der Waals surface area contributed by atoms with Crippen molar-refractivity contribution >= 4 is 21.6 Å². The summed E-state index contributed by atoms with van der Waals surface area (Å²) in [5.41, 5.74) is 0.0687. The van der Waals surface area contributed by atoms with Crippen LogP contribution in [0, 0.1) is 29.4 Å². The quantitative estimate of drug-likeness (QED) is 0.319. The second kappa shape index (κ2) is 12.9. The highest BCUT2D eigenvalue weighted by atomic mass is 32.2. The van der Waals surface area contributed by atoms with Gasteiger partial charge in [0.15, 0.2) is 15.5 Å². The van der Waals surface area contributed by atoms with Gasteiger partial charge in [0.1, 0.15) is 11.6 Å². The number of nitrogens with one attached hydrogen (secondary N) is 1. The number of rotatable bonds is 11. The fourth-order valence-corrected chi connectivity index (χ4v) is 10.6. The molecule has 47 heavy (non-hydrogen) atoms. The Bertz CT molecular complexity index is 1530. The van der Waals surface area contributed by atoms with Gasteiger partial charge in [0.05, 0.1) is 23.2 Å². The van der Waals surface area contributed by atoms with Crippen molar-refractivity contribution in [3.8, 4) is 0 Å².